The van der Waals surface area contributed by atoms with Crippen LogP contribution in [0.1, 0.15) is 56.1 Å². The molecule has 1 aliphatic carbocycles. The molecular weight excluding hydrogens is 250 g/mol. The van der Waals surface area contributed by atoms with Crippen LogP contribution in [0.15, 0.2) is 18.2 Å². The molecule has 0 saturated carbocycles. The summed E-state index contributed by atoms with van der Waals surface area (Å²) in [6.45, 7) is 2.37. The van der Waals surface area contributed by atoms with Gasteiger partial charge in [-0.25, -0.2) is 0 Å². The number of aryl methyl sites for hydroxylation is 1. The van der Waals surface area contributed by atoms with Gasteiger partial charge in [0.05, 0.1) is 7.11 Å². The van der Waals surface area contributed by atoms with Crippen LogP contribution in [0.25, 0.3) is 0 Å². The van der Waals surface area contributed by atoms with Gasteiger partial charge in [-0.15, -0.1) is 0 Å². The number of hydrogen-bond donors (Lipinski definition) is 1. The van der Waals surface area contributed by atoms with Crippen molar-refractivity contribution in [3.63, 3.8) is 0 Å². The Kier molecular flexibility index (Phi) is 5.45. The maximum Gasteiger partial charge on any atom is 0.216 e. The van der Waals surface area contributed by atoms with Crippen molar-refractivity contribution in [2.24, 2.45) is 0 Å². The number of carbonyl (C=O) groups is 1. The Morgan fingerprint density at radius 1 is 1.40 bits per heavy atom. The number of benzene rings is 1. The smallest absolute Gasteiger partial charge is 0.216 e. The van der Waals surface area contributed by atoms with E-state index in [1.807, 2.05) is 0 Å². The van der Waals surface area contributed by atoms with Crippen LogP contribution in [0.3, 0.4) is 0 Å². The summed E-state index contributed by atoms with van der Waals surface area (Å²) < 4.78 is 5.35. The molecule has 1 aromatic rings. The SMILES string of the molecule is COc1ccc2c(c1)C(CCCCNC(C)=O)CCC2. The Labute approximate surface area is 121 Å². The highest BCUT2D eigenvalue weighted by atomic mass is 16.5. The largest absolute Gasteiger partial charge is 0.497 e. The third-order valence-electron chi connectivity index (χ3n) is 4.14. The number of methoxy groups -OCH3 is 1. The monoisotopic (exact) mass is 275 g/mol. The molecule has 0 heterocycles. The van der Waals surface area contributed by atoms with Crippen molar-refractivity contribution in [3.05, 3.63) is 29.3 Å². The van der Waals surface area contributed by atoms with Crippen LogP contribution < -0.4 is 10.1 Å². The van der Waals surface area contributed by atoms with E-state index in [2.05, 4.69) is 23.5 Å². The number of unbranched alkanes of at least 4 members (excludes halogenated alkanes) is 1. The third-order valence-corrected chi connectivity index (χ3v) is 4.14. The molecule has 20 heavy (non-hydrogen) atoms. The highest BCUT2D eigenvalue weighted by Crippen LogP contribution is 2.36. The summed E-state index contributed by atoms with van der Waals surface area (Å²) in [6.07, 6.45) is 7.20. The van der Waals surface area contributed by atoms with Crippen molar-refractivity contribution < 1.29 is 9.53 Å². The molecule has 0 aromatic heterocycles. The van der Waals surface area contributed by atoms with Gasteiger partial charge in [-0.3, -0.25) is 4.79 Å². The van der Waals surface area contributed by atoms with Crippen molar-refractivity contribution >= 4 is 5.91 Å². The molecule has 1 N–H and O–H groups in total. The lowest BCUT2D eigenvalue weighted by atomic mass is 9.80. The topological polar surface area (TPSA) is 38.3 Å². The fraction of sp³-hybridized carbons (Fsp3) is 0.588. The van der Waals surface area contributed by atoms with Crippen LogP contribution in [0.2, 0.25) is 0 Å². The van der Waals surface area contributed by atoms with Gasteiger partial charge in [0.25, 0.3) is 0 Å². The van der Waals surface area contributed by atoms with E-state index in [4.69, 9.17) is 4.74 Å². The molecule has 1 aliphatic rings. The second-order valence-electron chi connectivity index (χ2n) is 5.63. The molecule has 3 nitrogen and oxygen atoms in total. The number of amides is 1. The first-order valence-corrected chi connectivity index (χ1v) is 7.62. The molecule has 1 atom stereocenters. The third kappa shape index (κ3) is 3.99. The first-order chi connectivity index (χ1) is 9.70. The second kappa shape index (κ2) is 7.32. The van der Waals surface area contributed by atoms with Crippen LogP contribution in [0.5, 0.6) is 5.75 Å². The van der Waals surface area contributed by atoms with Crippen LogP contribution in [-0.4, -0.2) is 19.6 Å². The molecule has 0 aliphatic heterocycles. The average molecular weight is 275 g/mol. The summed E-state index contributed by atoms with van der Waals surface area (Å²) >= 11 is 0. The van der Waals surface area contributed by atoms with Gasteiger partial charge >= 0.3 is 0 Å². The molecule has 0 fully saturated rings. The van der Waals surface area contributed by atoms with E-state index in [9.17, 15) is 4.79 Å². The zero-order chi connectivity index (χ0) is 14.4. The first kappa shape index (κ1) is 14.9. The summed E-state index contributed by atoms with van der Waals surface area (Å²) in [4.78, 5) is 10.8. The summed E-state index contributed by atoms with van der Waals surface area (Å²) in [5, 5.41) is 2.86. The lowest BCUT2D eigenvalue weighted by Gasteiger charge is -2.26. The Balaban J connectivity index is 1.89. The molecule has 2 rings (SSSR count). The predicted molar refractivity (Wildman–Crippen MR) is 81.2 cm³/mol. The minimum absolute atomic E-state index is 0.0674. The van der Waals surface area contributed by atoms with E-state index >= 15 is 0 Å². The van der Waals surface area contributed by atoms with Crippen molar-refractivity contribution in [2.45, 2.75) is 51.4 Å². The van der Waals surface area contributed by atoms with Crippen LogP contribution in [-0.2, 0) is 11.2 Å². The van der Waals surface area contributed by atoms with Gasteiger partial charge in [-0.1, -0.05) is 12.5 Å². The van der Waals surface area contributed by atoms with Gasteiger partial charge in [-0.2, -0.15) is 0 Å². The molecule has 1 amide bonds. The lowest BCUT2D eigenvalue weighted by Crippen LogP contribution is -2.21. The normalized spacial score (nSPS) is 17.4. The molecule has 3 heteroatoms. The van der Waals surface area contributed by atoms with Crippen molar-refractivity contribution in [1.82, 2.24) is 5.32 Å². The van der Waals surface area contributed by atoms with Crippen LogP contribution >= 0.6 is 0 Å². The fourth-order valence-corrected chi connectivity index (χ4v) is 3.08. The van der Waals surface area contributed by atoms with E-state index in [-0.39, 0.29) is 5.91 Å². The molecule has 1 unspecified atom stereocenters. The van der Waals surface area contributed by atoms with Gasteiger partial charge in [0.1, 0.15) is 5.75 Å². The zero-order valence-corrected chi connectivity index (χ0v) is 12.6. The van der Waals surface area contributed by atoms with Gasteiger partial charge in [0.15, 0.2) is 0 Å². The quantitative estimate of drug-likeness (QED) is 0.808. The number of carbonyl (C=O) groups excluding carboxylic acids is 1. The van der Waals surface area contributed by atoms with Crippen molar-refractivity contribution in [2.75, 3.05) is 13.7 Å². The second-order valence-corrected chi connectivity index (χ2v) is 5.63. The molecule has 0 saturated heterocycles. The summed E-state index contributed by atoms with van der Waals surface area (Å²) in [5.41, 5.74) is 2.97. The number of rotatable bonds is 6. The number of nitrogens with one attached hydrogen (secondary N) is 1. The van der Waals surface area contributed by atoms with Gasteiger partial charge in [0.2, 0.25) is 5.91 Å². The Morgan fingerprint density at radius 2 is 2.25 bits per heavy atom. The summed E-state index contributed by atoms with van der Waals surface area (Å²) in [7, 11) is 1.73. The Bertz CT molecular complexity index is 456. The average Bonchev–Trinajstić information content (AvgIpc) is 2.46. The minimum atomic E-state index is 0.0674. The predicted octanol–water partition coefficient (Wildman–Crippen LogP) is 3.42. The van der Waals surface area contributed by atoms with E-state index in [0.717, 1.165) is 18.7 Å². The summed E-state index contributed by atoms with van der Waals surface area (Å²) in [5.74, 6) is 1.69. The molecule has 110 valence electrons. The highest BCUT2D eigenvalue weighted by Gasteiger charge is 2.20. The summed E-state index contributed by atoms with van der Waals surface area (Å²) in [6, 6.07) is 6.50. The Hall–Kier alpha value is -1.51. The highest BCUT2D eigenvalue weighted by molar-refractivity contribution is 5.72. The fourth-order valence-electron chi connectivity index (χ4n) is 3.08. The molecule has 0 spiro atoms. The van der Waals surface area contributed by atoms with Gasteiger partial charge in [0, 0.05) is 13.5 Å². The first-order valence-electron chi connectivity index (χ1n) is 7.62. The molecular formula is C17H25NO2. The van der Waals surface area contributed by atoms with Gasteiger partial charge in [-0.05, 0) is 61.3 Å². The zero-order valence-electron chi connectivity index (χ0n) is 12.6. The van der Waals surface area contributed by atoms with Crippen molar-refractivity contribution in [1.29, 1.82) is 0 Å². The number of hydrogen-bond acceptors (Lipinski definition) is 2. The number of fused-ring (bicyclic) bond motifs is 1. The minimum Gasteiger partial charge on any atom is -0.497 e. The standard InChI is InChI=1S/C17H25NO2/c1-13(19)18-11-4-3-6-14-7-5-8-15-9-10-16(20-2)12-17(14)15/h9-10,12,14H,3-8,11H2,1-2H3,(H,18,19). The number of ether oxygens (including phenoxy) is 1. The van der Waals surface area contributed by atoms with E-state index < -0.39 is 0 Å². The van der Waals surface area contributed by atoms with Crippen molar-refractivity contribution in [3.8, 4) is 5.75 Å². The molecule has 1 aromatic carbocycles. The maximum absolute atomic E-state index is 10.8. The van der Waals surface area contributed by atoms with E-state index in [1.165, 1.54) is 43.2 Å². The lowest BCUT2D eigenvalue weighted by molar-refractivity contribution is -0.118. The molecule has 0 bridgehead atoms. The Morgan fingerprint density at radius 3 is 3.00 bits per heavy atom. The van der Waals surface area contributed by atoms with E-state index in [0.29, 0.717) is 5.92 Å². The van der Waals surface area contributed by atoms with Crippen LogP contribution in [0, 0.1) is 0 Å². The molecule has 0 radical (unpaired) electrons. The van der Waals surface area contributed by atoms with Crippen LogP contribution in [0.4, 0.5) is 0 Å². The van der Waals surface area contributed by atoms with E-state index in [1.54, 1.807) is 14.0 Å². The maximum atomic E-state index is 10.8. The van der Waals surface area contributed by atoms with Gasteiger partial charge < -0.3 is 10.1 Å².